The Labute approximate surface area is 177 Å². The molecule has 29 heavy (non-hydrogen) atoms. The molecule has 0 aliphatic heterocycles. The Morgan fingerprint density at radius 2 is 1.86 bits per heavy atom. The van der Waals surface area contributed by atoms with E-state index in [0.717, 1.165) is 32.2 Å². The minimum Gasteiger partial charge on any atom is -0.381 e. The summed E-state index contributed by atoms with van der Waals surface area (Å²) in [5, 5.41) is 2.97. The fourth-order valence-corrected chi connectivity index (χ4v) is 3.34. The average Bonchev–Trinajstić information content (AvgIpc) is 2.73. The van der Waals surface area contributed by atoms with Gasteiger partial charge in [0.05, 0.1) is 12.5 Å². The van der Waals surface area contributed by atoms with Gasteiger partial charge in [0.2, 0.25) is 11.8 Å². The summed E-state index contributed by atoms with van der Waals surface area (Å²) in [6.45, 7) is 8.42. The molecule has 1 rings (SSSR count). The second-order valence-electron chi connectivity index (χ2n) is 7.88. The minimum atomic E-state index is -0.0295. The van der Waals surface area contributed by atoms with Gasteiger partial charge < -0.3 is 15.0 Å². The number of nitrogens with zero attached hydrogens (tertiary/aromatic N) is 1. The average molecular weight is 405 g/mol. The quantitative estimate of drug-likeness (QED) is 0.476. The van der Waals surface area contributed by atoms with Gasteiger partial charge in [0, 0.05) is 33.2 Å². The summed E-state index contributed by atoms with van der Waals surface area (Å²) >= 11 is 0. The largest absolute Gasteiger partial charge is 0.381 e. The molecule has 2 unspecified atom stereocenters. The summed E-state index contributed by atoms with van der Waals surface area (Å²) in [4.78, 5) is 26.7. The molecule has 0 saturated heterocycles. The Kier molecular flexibility index (Phi) is 13.0. The van der Waals surface area contributed by atoms with Crippen molar-refractivity contribution in [3.63, 3.8) is 0 Å². The van der Waals surface area contributed by atoms with Gasteiger partial charge in [-0.3, -0.25) is 9.59 Å². The van der Waals surface area contributed by atoms with Gasteiger partial charge in [-0.05, 0) is 37.2 Å². The van der Waals surface area contributed by atoms with Crippen molar-refractivity contribution in [1.82, 2.24) is 10.2 Å². The fourth-order valence-electron chi connectivity index (χ4n) is 3.34. The first-order valence-electron chi connectivity index (χ1n) is 11.1. The molecule has 5 heteroatoms. The van der Waals surface area contributed by atoms with Crippen LogP contribution in [-0.4, -0.2) is 49.6 Å². The second-order valence-corrected chi connectivity index (χ2v) is 7.88. The van der Waals surface area contributed by atoms with Crippen LogP contribution in [0.5, 0.6) is 0 Å². The molecule has 1 aromatic carbocycles. The van der Waals surface area contributed by atoms with Crippen molar-refractivity contribution in [2.45, 2.75) is 71.8 Å². The van der Waals surface area contributed by atoms with Crippen molar-refractivity contribution in [3.05, 3.63) is 35.9 Å². The number of methoxy groups -OCH3 is 1. The first-order valence-corrected chi connectivity index (χ1v) is 11.1. The number of hydrogen-bond donors (Lipinski definition) is 1. The highest BCUT2D eigenvalue weighted by molar-refractivity contribution is 5.77. The smallest absolute Gasteiger partial charge is 0.225 e. The van der Waals surface area contributed by atoms with Crippen LogP contribution in [0.15, 0.2) is 30.3 Å². The molecule has 2 amide bonds. The van der Waals surface area contributed by atoms with Crippen LogP contribution in [-0.2, 0) is 20.7 Å². The van der Waals surface area contributed by atoms with Crippen molar-refractivity contribution < 1.29 is 14.3 Å². The predicted molar refractivity (Wildman–Crippen MR) is 119 cm³/mol. The van der Waals surface area contributed by atoms with Crippen LogP contribution in [0.4, 0.5) is 0 Å². The number of carbonyl (C=O) groups excluding carboxylic acids is 2. The number of ether oxygens (including phenoxy) is 1. The molecule has 0 aromatic heterocycles. The zero-order valence-corrected chi connectivity index (χ0v) is 18.8. The lowest BCUT2D eigenvalue weighted by Gasteiger charge is -2.25. The Hall–Kier alpha value is -1.88. The maximum Gasteiger partial charge on any atom is 0.225 e. The Morgan fingerprint density at radius 3 is 2.48 bits per heavy atom. The highest BCUT2D eigenvalue weighted by atomic mass is 16.5. The molecule has 0 radical (unpaired) electrons. The Bertz CT molecular complexity index is 577. The maximum absolute atomic E-state index is 12.7. The molecule has 0 saturated carbocycles. The van der Waals surface area contributed by atoms with Crippen LogP contribution in [0, 0.1) is 5.92 Å². The topological polar surface area (TPSA) is 58.6 Å². The molecule has 0 aliphatic carbocycles. The van der Waals surface area contributed by atoms with Crippen LogP contribution in [0.3, 0.4) is 0 Å². The van der Waals surface area contributed by atoms with Gasteiger partial charge in [0.1, 0.15) is 0 Å². The number of amides is 2. The van der Waals surface area contributed by atoms with E-state index in [1.54, 1.807) is 7.11 Å². The standard InChI is InChI=1S/C24H40N2O3/c1-5-16-26(24(28)19-22(29-4)18-20(3)6-2)17-10-13-23(27)25-15-14-21-11-8-7-9-12-21/h7-9,11-12,20,22H,5-6,10,13-19H2,1-4H3,(H,25,27). The fraction of sp³-hybridized carbons (Fsp3) is 0.667. The van der Waals surface area contributed by atoms with Crippen LogP contribution < -0.4 is 5.32 Å². The van der Waals surface area contributed by atoms with Crippen molar-refractivity contribution in [2.75, 3.05) is 26.7 Å². The molecular formula is C24H40N2O3. The van der Waals surface area contributed by atoms with E-state index in [4.69, 9.17) is 4.74 Å². The number of benzene rings is 1. The van der Waals surface area contributed by atoms with Crippen LogP contribution in [0.1, 0.15) is 64.9 Å². The van der Waals surface area contributed by atoms with Crippen molar-refractivity contribution in [1.29, 1.82) is 0 Å². The van der Waals surface area contributed by atoms with E-state index < -0.39 is 0 Å². The summed E-state index contributed by atoms with van der Waals surface area (Å²) in [6.07, 6.45) is 5.27. The highest BCUT2D eigenvalue weighted by Crippen LogP contribution is 2.16. The first-order chi connectivity index (χ1) is 14.0. The number of hydrogen-bond acceptors (Lipinski definition) is 3. The van der Waals surface area contributed by atoms with Crippen molar-refractivity contribution in [2.24, 2.45) is 5.92 Å². The van der Waals surface area contributed by atoms with Crippen LogP contribution in [0.2, 0.25) is 0 Å². The second kappa shape index (κ2) is 15.0. The monoisotopic (exact) mass is 404 g/mol. The summed E-state index contributed by atoms with van der Waals surface area (Å²) in [6, 6.07) is 10.1. The predicted octanol–water partition coefficient (Wildman–Crippen LogP) is 4.21. The number of rotatable bonds is 15. The zero-order valence-electron chi connectivity index (χ0n) is 18.8. The SMILES string of the molecule is CCCN(CCCC(=O)NCCc1ccccc1)C(=O)CC(CC(C)CC)OC. The van der Waals surface area contributed by atoms with E-state index in [2.05, 4.69) is 38.2 Å². The molecule has 0 spiro atoms. The van der Waals surface area contributed by atoms with E-state index >= 15 is 0 Å². The summed E-state index contributed by atoms with van der Waals surface area (Å²) in [7, 11) is 1.68. The van der Waals surface area contributed by atoms with Crippen LogP contribution >= 0.6 is 0 Å². The normalized spacial score (nSPS) is 13.0. The highest BCUT2D eigenvalue weighted by Gasteiger charge is 2.20. The van der Waals surface area contributed by atoms with Gasteiger partial charge in [0.15, 0.2) is 0 Å². The molecular weight excluding hydrogens is 364 g/mol. The lowest BCUT2D eigenvalue weighted by atomic mass is 9.99. The molecule has 0 aliphatic rings. The maximum atomic E-state index is 12.7. The Morgan fingerprint density at radius 1 is 1.14 bits per heavy atom. The van der Waals surface area contributed by atoms with Gasteiger partial charge in [0.25, 0.3) is 0 Å². The van der Waals surface area contributed by atoms with E-state index in [-0.39, 0.29) is 17.9 Å². The molecule has 5 nitrogen and oxygen atoms in total. The van der Waals surface area contributed by atoms with Crippen molar-refractivity contribution >= 4 is 11.8 Å². The first kappa shape index (κ1) is 25.2. The summed E-state index contributed by atoms with van der Waals surface area (Å²) in [5.41, 5.74) is 1.22. The van der Waals surface area contributed by atoms with Gasteiger partial charge in [-0.1, -0.05) is 57.5 Å². The van der Waals surface area contributed by atoms with Gasteiger partial charge in [-0.2, -0.15) is 0 Å². The third-order valence-electron chi connectivity index (χ3n) is 5.35. The molecule has 0 bridgehead atoms. The van der Waals surface area contributed by atoms with E-state index in [0.29, 0.717) is 38.3 Å². The number of nitrogens with one attached hydrogen (secondary N) is 1. The molecule has 1 N–H and O–H groups in total. The van der Waals surface area contributed by atoms with Gasteiger partial charge in [-0.15, -0.1) is 0 Å². The molecule has 164 valence electrons. The van der Waals surface area contributed by atoms with Crippen LogP contribution in [0.25, 0.3) is 0 Å². The lowest BCUT2D eigenvalue weighted by molar-refractivity contribution is -0.134. The van der Waals surface area contributed by atoms with E-state index in [9.17, 15) is 9.59 Å². The molecule has 0 heterocycles. The minimum absolute atomic E-state index is 0.0295. The van der Waals surface area contributed by atoms with E-state index in [1.165, 1.54) is 5.56 Å². The van der Waals surface area contributed by atoms with Crippen molar-refractivity contribution in [3.8, 4) is 0 Å². The third kappa shape index (κ3) is 11.0. The summed E-state index contributed by atoms with van der Waals surface area (Å²) < 4.78 is 5.53. The van der Waals surface area contributed by atoms with E-state index in [1.807, 2.05) is 23.1 Å². The van der Waals surface area contributed by atoms with Gasteiger partial charge in [-0.25, -0.2) is 0 Å². The molecule has 2 atom stereocenters. The molecule has 1 aromatic rings. The third-order valence-corrected chi connectivity index (χ3v) is 5.35. The van der Waals surface area contributed by atoms with Gasteiger partial charge >= 0.3 is 0 Å². The Balaban J connectivity index is 2.34. The summed E-state index contributed by atoms with van der Waals surface area (Å²) in [5.74, 6) is 0.731. The zero-order chi connectivity index (χ0) is 21.5. The lowest BCUT2D eigenvalue weighted by Crippen LogP contribution is -2.36. The molecule has 0 fully saturated rings. The number of carbonyl (C=O) groups is 2.